The van der Waals surface area contributed by atoms with Crippen molar-refractivity contribution in [3.63, 3.8) is 0 Å². The van der Waals surface area contributed by atoms with Gasteiger partial charge in [-0.1, -0.05) is 39.0 Å². The smallest absolute Gasteiger partial charge is 0.223 e. The number of hydrogen-bond acceptors (Lipinski definition) is 7. The third-order valence-electron chi connectivity index (χ3n) is 4.38. The first-order valence-electron chi connectivity index (χ1n) is 8.76. The number of nitrogens with one attached hydrogen (secondary N) is 1. The Kier molecular flexibility index (Phi) is 9.72. The first-order chi connectivity index (χ1) is 11.4. The molecule has 0 bridgehead atoms. The molecule has 0 spiro atoms. The molecule has 0 radical (unpaired) electrons. The van der Waals surface area contributed by atoms with E-state index in [1.165, 1.54) is 6.42 Å². The van der Waals surface area contributed by atoms with E-state index in [2.05, 4.69) is 12.2 Å². The zero-order valence-electron chi connectivity index (χ0n) is 14.3. The largest absolute Gasteiger partial charge is 0.394 e. The molecular weight excluding hydrogens is 316 g/mol. The summed E-state index contributed by atoms with van der Waals surface area (Å²) in [6, 6.07) is -2.01. The number of hydrogen-bond donors (Lipinski definition) is 6. The summed E-state index contributed by atoms with van der Waals surface area (Å²) in [4.78, 5) is 12.0. The van der Waals surface area contributed by atoms with E-state index >= 15 is 0 Å². The van der Waals surface area contributed by atoms with Crippen molar-refractivity contribution < 1.29 is 30.0 Å². The van der Waals surface area contributed by atoms with Crippen molar-refractivity contribution in [2.24, 2.45) is 5.73 Å². The maximum Gasteiger partial charge on any atom is 0.223 e. The molecule has 1 aliphatic rings. The van der Waals surface area contributed by atoms with Crippen LogP contribution in [0.1, 0.15) is 51.9 Å². The SMILES string of the molecule is CCCCCCCC(O)CC(=O)N[C@@H]1[C@@H](O)[C@H](N)[C@@H](CO)O[C@@H]1O. The highest BCUT2D eigenvalue weighted by Gasteiger charge is 2.43. The van der Waals surface area contributed by atoms with Gasteiger partial charge in [0, 0.05) is 0 Å². The van der Waals surface area contributed by atoms with E-state index in [0.29, 0.717) is 6.42 Å². The lowest BCUT2D eigenvalue weighted by atomic mass is 9.95. The number of rotatable bonds is 10. The van der Waals surface area contributed by atoms with Crippen LogP contribution >= 0.6 is 0 Å². The van der Waals surface area contributed by atoms with Gasteiger partial charge in [-0.15, -0.1) is 0 Å². The molecule has 1 unspecified atom stereocenters. The lowest BCUT2D eigenvalue weighted by molar-refractivity contribution is -0.222. The summed E-state index contributed by atoms with van der Waals surface area (Å²) in [5, 5.41) is 41.3. The average Bonchev–Trinajstić information content (AvgIpc) is 2.54. The summed E-state index contributed by atoms with van der Waals surface area (Å²) >= 11 is 0. The van der Waals surface area contributed by atoms with Crippen molar-refractivity contribution in [3.05, 3.63) is 0 Å². The molecule has 0 aromatic carbocycles. The fourth-order valence-electron chi connectivity index (χ4n) is 2.85. The molecule has 1 heterocycles. The molecule has 1 rings (SSSR count). The number of carbonyl (C=O) groups is 1. The van der Waals surface area contributed by atoms with Crippen LogP contribution in [0, 0.1) is 0 Å². The second kappa shape index (κ2) is 11.0. The van der Waals surface area contributed by atoms with Gasteiger partial charge >= 0.3 is 0 Å². The lowest BCUT2D eigenvalue weighted by Gasteiger charge is -2.41. The number of amides is 1. The van der Waals surface area contributed by atoms with E-state index < -0.39 is 49.2 Å². The molecule has 0 aliphatic carbocycles. The van der Waals surface area contributed by atoms with Gasteiger partial charge in [0.05, 0.1) is 31.3 Å². The van der Waals surface area contributed by atoms with Crippen molar-refractivity contribution in [3.8, 4) is 0 Å². The van der Waals surface area contributed by atoms with Crippen molar-refractivity contribution in [1.29, 1.82) is 0 Å². The van der Waals surface area contributed by atoms with E-state index in [1.54, 1.807) is 0 Å². The van der Waals surface area contributed by atoms with Gasteiger partial charge in [-0.2, -0.15) is 0 Å². The molecule has 8 heteroatoms. The molecule has 0 saturated carbocycles. The van der Waals surface area contributed by atoms with Crippen LogP contribution < -0.4 is 11.1 Å². The fraction of sp³-hybridized carbons (Fsp3) is 0.938. The molecule has 1 saturated heterocycles. The van der Waals surface area contributed by atoms with Crippen LogP contribution in [0.4, 0.5) is 0 Å². The van der Waals surface area contributed by atoms with Crippen molar-refractivity contribution in [2.45, 2.75) is 88.6 Å². The minimum absolute atomic E-state index is 0.109. The summed E-state index contributed by atoms with van der Waals surface area (Å²) in [5.74, 6) is -0.489. The van der Waals surface area contributed by atoms with Gasteiger partial charge in [-0.3, -0.25) is 4.79 Å². The Labute approximate surface area is 143 Å². The number of aliphatic hydroxyl groups is 4. The molecule has 1 aliphatic heterocycles. The van der Waals surface area contributed by atoms with Gasteiger partial charge in [0.25, 0.3) is 0 Å². The summed E-state index contributed by atoms with van der Waals surface area (Å²) in [5.41, 5.74) is 5.72. The highest BCUT2D eigenvalue weighted by Crippen LogP contribution is 2.18. The Hall–Kier alpha value is -0.770. The predicted octanol–water partition coefficient (Wildman–Crippen LogP) is -1.02. The number of aliphatic hydroxyl groups excluding tert-OH is 4. The quantitative estimate of drug-likeness (QED) is 0.277. The molecule has 142 valence electrons. The van der Waals surface area contributed by atoms with Crippen LogP contribution in [0.3, 0.4) is 0 Å². The Bertz CT molecular complexity index is 370. The molecule has 1 amide bonds. The molecule has 6 atom stereocenters. The highest BCUT2D eigenvalue weighted by molar-refractivity contribution is 5.76. The molecule has 8 nitrogen and oxygen atoms in total. The van der Waals surface area contributed by atoms with Gasteiger partial charge in [0.15, 0.2) is 6.29 Å². The Morgan fingerprint density at radius 3 is 2.54 bits per heavy atom. The van der Waals surface area contributed by atoms with Gasteiger partial charge in [0.2, 0.25) is 5.91 Å². The first kappa shape index (κ1) is 21.3. The topological polar surface area (TPSA) is 145 Å². The maximum absolute atomic E-state index is 12.0. The maximum atomic E-state index is 12.0. The van der Waals surface area contributed by atoms with Gasteiger partial charge in [-0.05, 0) is 6.42 Å². The summed E-state index contributed by atoms with van der Waals surface area (Å²) in [6.07, 6.45) is 1.39. The standard InChI is InChI=1S/C16H32N2O6/c1-2-3-4-5-6-7-10(20)8-12(21)18-14-15(22)13(17)11(9-19)24-16(14)23/h10-11,13-16,19-20,22-23H,2-9,17H2,1H3,(H,18,21)/t10?,11-,13-,14-,15+,16+/m1/s1. The third-order valence-corrected chi connectivity index (χ3v) is 4.38. The first-order valence-corrected chi connectivity index (χ1v) is 8.76. The number of unbranched alkanes of at least 4 members (excludes halogenated alkanes) is 4. The van der Waals surface area contributed by atoms with Crippen molar-refractivity contribution in [1.82, 2.24) is 5.32 Å². The average molecular weight is 348 g/mol. The predicted molar refractivity (Wildman–Crippen MR) is 87.9 cm³/mol. The van der Waals surface area contributed by atoms with E-state index in [9.17, 15) is 20.1 Å². The Morgan fingerprint density at radius 1 is 1.25 bits per heavy atom. The van der Waals surface area contributed by atoms with Crippen molar-refractivity contribution in [2.75, 3.05) is 6.61 Å². The summed E-state index contributed by atoms with van der Waals surface area (Å²) in [6.45, 7) is 1.69. The van der Waals surface area contributed by atoms with Gasteiger partial charge < -0.3 is 36.2 Å². The third kappa shape index (κ3) is 6.62. The highest BCUT2D eigenvalue weighted by atomic mass is 16.6. The normalized spacial score (nSPS) is 31.7. The minimum Gasteiger partial charge on any atom is -0.394 e. The van der Waals surface area contributed by atoms with E-state index in [4.69, 9.17) is 15.6 Å². The number of carbonyl (C=O) groups excluding carboxylic acids is 1. The Balaban J connectivity index is 2.35. The Morgan fingerprint density at radius 2 is 1.92 bits per heavy atom. The van der Waals surface area contributed by atoms with E-state index in [1.807, 2.05) is 0 Å². The molecule has 7 N–H and O–H groups in total. The second-order valence-corrected chi connectivity index (χ2v) is 6.47. The van der Waals surface area contributed by atoms with Crippen LogP contribution in [-0.2, 0) is 9.53 Å². The molecule has 0 aromatic heterocycles. The zero-order chi connectivity index (χ0) is 18.1. The van der Waals surface area contributed by atoms with Crippen LogP contribution in [0.5, 0.6) is 0 Å². The zero-order valence-corrected chi connectivity index (χ0v) is 14.3. The molecule has 24 heavy (non-hydrogen) atoms. The fourth-order valence-corrected chi connectivity index (χ4v) is 2.85. The van der Waals surface area contributed by atoms with Crippen LogP contribution in [0.15, 0.2) is 0 Å². The van der Waals surface area contributed by atoms with Crippen LogP contribution in [0.2, 0.25) is 0 Å². The van der Waals surface area contributed by atoms with Crippen LogP contribution in [0.25, 0.3) is 0 Å². The van der Waals surface area contributed by atoms with E-state index in [-0.39, 0.29) is 6.42 Å². The van der Waals surface area contributed by atoms with Gasteiger partial charge in [-0.25, -0.2) is 0 Å². The molecule has 1 fully saturated rings. The summed E-state index contributed by atoms with van der Waals surface area (Å²) in [7, 11) is 0. The van der Waals surface area contributed by atoms with Crippen LogP contribution in [-0.4, -0.2) is 69.6 Å². The molecular formula is C16H32N2O6. The monoisotopic (exact) mass is 348 g/mol. The molecule has 0 aromatic rings. The lowest BCUT2D eigenvalue weighted by Crippen LogP contribution is -2.66. The second-order valence-electron chi connectivity index (χ2n) is 6.47. The minimum atomic E-state index is -1.47. The summed E-state index contributed by atoms with van der Waals surface area (Å²) < 4.78 is 5.08. The van der Waals surface area contributed by atoms with E-state index in [0.717, 1.165) is 25.7 Å². The number of nitrogens with two attached hydrogens (primary N) is 1. The van der Waals surface area contributed by atoms with Gasteiger partial charge in [0.1, 0.15) is 12.1 Å². The van der Waals surface area contributed by atoms with Crippen molar-refractivity contribution >= 4 is 5.91 Å². The number of ether oxygens (including phenoxy) is 1.